The average molecular weight is 675 g/mol. The summed E-state index contributed by atoms with van der Waals surface area (Å²) in [5, 5.41) is 12.3. The number of aromatic nitrogens is 4. The quantitative estimate of drug-likeness (QED) is 0.175. The molecule has 0 atom stereocenters. The van der Waals surface area contributed by atoms with Crippen molar-refractivity contribution in [1.82, 2.24) is 19.5 Å². The van der Waals surface area contributed by atoms with Crippen molar-refractivity contribution in [2.45, 2.75) is 0 Å². The van der Waals surface area contributed by atoms with Gasteiger partial charge in [-0.25, -0.2) is 15.0 Å². The van der Waals surface area contributed by atoms with Crippen LogP contribution in [0.2, 0.25) is 0 Å². The first-order valence-corrected chi connectivity index (χ1v) is 18.0. The second kappa shape index (κ2) is 11.7. The Hall–Kier alpha value is -7.17. The third-order valence-corrected chi connectivity index (χ3v) is 10.6. The van der Waals surface area contributed by atoms with Crippen molar-refractivity contribution in [1.29, 1.82) is 0 Å². The van der Waals surface area contributed by atoms with E-state index in [0.717, 1.165) is 38.8 Å². The van der Waals surface area contributed by atoms with Gasteiger partial charge in [0.15, 0.2) is 17.5 Å². The third kappa shape index (κ3) is 4.66. The lowest BCUT2D eigenvalue weighted by Gasteiger charge is -2.15. The molecule has 2 aromatic heterocycles. The lowest BCUT2D eigenvalue weighted by molar-refractivity contribution is 1.06. The molecular weight excluding hydrogens is 645 g/mol. The van der Waals surface area contributed by atoms with Crippen LogP contribution in [0.25, 0.3) is 105 Å². The third-order valence-electron chi connectivity index (χ3n) is 10.6. The predicted octanol–water partition coefficient (Wildman–Crippen LogP) is 12.6. The molecule has 246 valence electrons. The zero-order valence-corrected chi connectivity index (χ0v) is 28.6. The van der Waals surface area contributed by atoms with E-state index in [0.29, 0.717) is 17.5 Å². The Morgan fingerprint density at radius 2 is 0.887 bits per heavy atom. The van der Waals surface area contributed by atoms with Crippen LogP contribution >= 0.6 is 0 Å². The van der Waals surface area contributed by atoms with Crippen LogP contribution in [-0.2, 0) is 0 Å². The summed E-state index contributed by atoms with van der Waals surface area (Å²) in [4.78, 5) is 15.6. The number of hydrogen-bond donors (Lipinski definition) is 0. The van der Waals surface area contributed by atoms with E-state index in [4.69, 9.17) is 15.0 Å². The molecule has 11 rings (SSSR count). The van der Waals surface area contributed by atoms with Crippen LogP contribution in [0.4, 0.5) is 0 Å². The van der Waals surface area contributed by atoms with Crippen LogP contribution in [0.15, 0.2) is 182 Å². The Bertz CT molecular complexity index is 3230. The van der Waals surface area contributed by atoms with Crippen molar-refractivity contribution in [3.05, 3.63) is 182 Å². The van der Waals surface area contributed by atoms with Crippen LogP contribution < -0.4 is 0 Å². The van der Waals surface area contributed by atoms with Crippen LogP contribution in [0.3, 0.4) is 0 Å². The second-order valence-corrected chi connectivity index (χ2v) is 13.6. The van der Waals surface area contributed by atoms with Gasteiger partial charge >= 0.3 is 0 Å². The van der Waals surface area contributed by atoms with E-state index in [2.05, 4.69) is 168 Å². The van der Waals surface area contributed by atoms with Crippen LogP contribution in [0, 0.1) is 0 Å². The Labute approximate surface area is 305 Å². The Morgan fingerprint density at radius 3 is 1.70 bits per heavy atom. The first-order valence-electron chi connectivity index (χ1n) is 18.0. The number of fused-ring (bicyclic) bond motifs is 10. The molecule has 4 heteroatoms. The van der Waals surface area contributed by atoms with Gasteiger partial charge in [0, 0.05) is 27.5 Å². The summed E-state index contributed by atoms with van der Waals surface area (Å²) in [6.07, 6.45) is 0. The van der Waals surface area contributed by atoms with Crippen molar-refractivity contribution < 1.29 is 0 Å². The van der Waals surface area contributed by atoms with Crippen molar-refractivity contribution >= 4 is 64.9 Å². The molecule has 0 bridgehead atoms. The molecule has 0 aliphatic rings. The molecule has 0 saturated carbocycles. The van der Waals surface area contributed by atoms with Crippen molar-refractivity contribution in [2.24, 2.45) is 0 Å². The van der Waals surface area contributed by atoms with Gasteiger partial charge in [-0.15, -0.1) is 0 Å². The molecule has 0 fully saturated rings. The van der Waals surface area contributed by atoms with Gasteiger partial charge in [0.05, 0.1) is 16.7 Å². The van der Waals surface area contributed by atoms with Crippen LogP contribution in [0.1, 0.15) is 0 Å². The molecule has 0 saturated heterocycles. The SMILES string of the molecule is c1ccc(-c2nc(-c3ccc4c(ccc5ccc6ccccc6c54)c3)nc(-c3ccccc3-n3c4ccccc4c4c5ccccc5ccc43)n2)cc1. The van der Waals surface area contributed by atoms with E-state index in [1.165, 1.54) is 48.5 Å². The zero-order chi connectivity index (χ0) is 34.9. The van der Waals surface area contributed by atoms with Gasteiger partial charge in [0.25, 0.3) is 0 Å². The fourth-order valence-corrected chi connectivity index (χ4v) is 8.17. The highest BCUT2D eigenvalue weighted by Gasteiger charge is 2.20. The number of hydrogen-bond acceptors (Lipinski definition) is 3. The van der Waals surface area contributed by atoms with Crippen LogP contribution in [-0.4, -0.2) is 19.5 Å². The maximum atomic E-state index is 5.26. The second-order valence-electron chi connectivity index (χ2n) is 13.6. The maximum absolute atomic E-state index is 5.26. The minimum absolute atomic E-state index is 0.626. The molecule has 0 spiro atoms. The fraction of sp³-hybridized carbons (Fsp3) is 0. The Kier molecular flexibility index (Phi) is 6.52. The van der Waals surface area contributed by atoms with Crippen molar-refractivity contribution in [3.8, 4) is 39.9 Å². The van der Waals surface area contributed by atoms with Gasteiger partial charge in [-0.1, -0.05) is 152 Å². The summed E-state index contributed by atoms with van der Waals surface area (Å²) < 4.78 is 2.36. The summed E-state index contributed by atoms with van der Waals surface area (Å²) in [6.45, 7) is 0. The molecule has 0 N–H and O–H groups in total. The average Bonchev–Trinajstić information content (AvgIpc) is 3.58. The highest BCUT2D eigenvalue weighted by molar-refractivity contribution is 6.22. The van der Waals surface area contributed by atoms with Crippen LogP contribution in [0.5, 0.6) is 0 Å². The van der Waals surface area contributed by atoms with Crippen molar-refractivity contribution in [3.63, 3.8) is 0 Å². The monoisotopic (exact) mass is 674 g/mol. The molecule has 11 aromatic rings. The van der Waals surface area contributed by atoms with Gasteiger partial charge in [-0.2, -0.15) is 0 Å². The van der Waals surface area contributed by atoms with E-state index in [1.807, 2.05) is 18.2 Å². The molecular formula is C49H30N4. The molecule has 9 aromatic carbocycles. The summed E-state index contributed by atoms with van der Waals surface area (Å²) in [7, 11) is 0. The molecule has 4 nitrogen and oxygen atoms in total. The topological polar surface area (TPSA) is 43.6 Å². The zero-order valence-electron chi connectivity index (χ0n) is 28.6. The number of rotatable bonds is 4. The number of benzene rings is 9. The first kappa shape index (κ1) is 29.5. The summed E-state index contributed by atoms with van der Waals surface area (Å²) in [5.41, 5.74) is 6.11. The highest BCUT2D eigenvalue weighted by Crippen LogP contribution is 2.40. The predicted molar refractivity (Wildman–Crippen MR) is 220 cm³/mol. The minimum atomic E-state index is 0.626. The van der Waals surface area contributed by atoms with E-state index < -0.39 is 0 Å². The molecule has 0 unspecified atom stereocenters. The minimum Gasteiger partial charge on any atom is -0.308 e. The van der Waals surface area contributed by atoms with Gasteiger partial charge in [-0.05, 0) is 73.4 Å². The lowest BCUT2D eigenvalue weighted by atomic mass is 9.95. The fourth-order valence-electron chi connectivity index (χ4n) is 8.17. The maximum Gasteiger partial charge on any atom is 0.166 e. The van der Waals surface area contributed by atoms with E-state index in [9.17, 15) is 0 Å². The molecule has 2 heterocycles. The van der Waals surface area contributed by atoms with Gasteiger partial charge in [0.1, 0.15) is 0 Å². The highest BCUT2D eigenvalue weighted by atomic mass is 15.1. The number of nitrogens with zero attached hydrogens (tertiary/aromatic N) is 4. The molecule has 0 amide bonds. The van der Waals surface area contributed by atoms with E-state index >= 15 is 0 Å². The lowest BCUT2D eigenvalue weighted by Crippen LogP contribution is -2.03. The van der Waals surface area contributed by atoms with E-state index in [1.54, 1.807) is 0 Å². The molecule has 0 radical (unpaired) electrons. The van der Waals surface area contributed by atoms with Gasteiger partial charge in [0.2, 0.25) is 0 Å². The smallest absolute Gasteiger partial charge is 0.166 e. The van der Waals surface area contributed by atoms with Gasteiger partial charge < -0.3 is 4.57 Å². The largest absolute Gasteiger partial charge is 0.308 e. The van der Waals surface area contributed by atoms with E-state index in [-0.39, 0.29) is 0 Å². The summed E-state index contributed by atoms with van der Waals surface area (Å²) in [6, 6.07) is 64.5. The normalized spacial score (nSPS) is 11.8. The Balaban J connectivity index is 1.15. The summed E-state index contributed by atoms with van der Waals surface area (Å²) in [5.74, 6) is 1.90. The Morgan fingerprint density at radius 1 is 0.321 bits per heavy atom. The van der Waals surface area contributed by atoms with Crippen molar-refractivity contribution in [2.75, 3.05) is 0 Å². The standard InChI is InChI=1S/C49H30N4/c1-2-14-34(15-3-1)47-50-48(36-26-28-39-35(30-36)25-24-33-23-22-31-12-4-6-16-37(31)45(33)39)52-49(51-47)41-19-9-11-21-43(41)53-42-20-10-8-18-40(42)46-38-17-7-5-13-32(38)27-29-44(46)53/h1-30H. The molecule has 0 aliphatic heterocycles. The number of para-hydroxylation sites is 2. The first-order chi connectivity index (χ1) is 26.3. The molecule has 0 aliphatic carbocycles. The van der Waals surface area contributed by atoms with Gasteiger partial charge in [-0.3, -0.25) is 0 Å². The summed E-state index contributed by atoms with van der Waals surface area (Å²) >= 11 is 0. The molecule has 53 heavy (non-hydrogen) atoms.